The first kappa shape index (κ1) is 16.1. The van der Waals surface area contributed by atoms with Crippen molar-refractivity contribution in [2.75, 3.05) is 20.8 Å². The molecule has 5 heteroatoms. The maximum atomic E-state index is 9.20. The molecule has 1 N–H and O–H groups in total. The van der Waals surface area contributed by atoms with Crippen LogP contribution in [0.4, 0.5) is 0 Å². The lowest BCUT2D eigenvalue weighted by molar-refractivity contribution is 0.269. The lowest BCUT2D eigenvalue weighted by Gasteiger charge is -2.05. The molecule has 0 bridgehead atoms. The summed E-state index contributed by atoms with van der Waals surface area (Å²) in [6.45, 7) is 0.505. The number of aliphatic hydroxyl groups is 1. The summed E-state index contributed by atoms with van der Waals surface area (Å²) in [5.74, 6) is 1.62. The molecular weight excluding hydrogens is 304 g/mol. The van der Waals surface area contributed by atoms with Gasteiger partial charge in [-0.05, 0) is 42.0 Å². The van der Waals surface area contributed by atoms with Gasteiger partial charge >= 0.3 is 0 Å². The summed E-state index contributed by atoms with van der Waals surface area (Å²) < 4.78 is 12.2. The zero-order valence-corrected chi connectivity index (χ0v) is 13.8. The fourth-order valence-electron chi connectivity index (χ4n) is 2.58. The minimum atomic E-state index is 0.0474. The second-order valence-electron chi connectivity index (χ2n) is 5.34. The monoisotopic (exact) mass is 324 g/mol. The summed E-state index contributed by atoms with van der Waals surface area (Å²) in [6, 6.07) is 15.7. The van der Waals surface area contributed by atoms with Crippen LogP contribution in [0.25, 0.3) is 22.4 Å². The Hall–Kier alpha value is -2.79. The number of rotatable bonds is 6. The Morgan fingerprint density at radius 3 is 1.92 bits per heavy atom. The van der Waals surface area contributed by atoms with Crippen LogP contribution in [0, 0.1) is 0 Å². The fraction of sp³-hybridized carbons (Fsp3) is 0.211. The SMILES string of the molecule is COc1ccc(-c2cn(CCO)nc2-c2ccc(OC)cc2)cc1. The van der Waals surface area contributed by atoms with E-state index in [-0.39, 0.29) is 6.61 Å². The predicted molar refractivity (Wildman–Crippen MR) is 93.3 cm³/mol. The van der Waals surface area contributed by atoms with Crippen LogP contribution in [0.1, 0.15) is 0 Å². The maximum Gasteiger partial charge on any atom is 0.118 e. The van der Waals surface area contributed by atoms with Crippen LogP contribution in [0.2, 0.25) is 0 Å². The lowest BCUT2D eigenvalue weighted by Crippen LogP contribution is -2.02. The van der Waals surface area contributed by atoms with Crippen molar-refractivity contribution in [2.24, 2.45) is 0 Å². The van der Waals surface area contributed by atoms with Crippen molar-refractivity contribution in [2.45, 2.75) is 6.54 Å². The molecular formula is C19H20N2O3. The molecule has 0 spiro atoms. The third kappa shape index (κ3) is 3.26. The molecule has 1 heterocycles. The normalized spacial score (nSPS) is 10.6. The van der Waals surface area contributed by atoms with E-state index >= 15 is 0 Å². The summed E-state index contributed by atoms with van der Waals surface area (Å²) in [4.78, 5) is 0. The van der Waals surface area contributed by atoms with Gasteiger partial charge in [0.15, 0.2) is 0 Å². The van der Waals surface area contributed by atoms with Gasteiger partial charge in [0.1, 0.15) is 17.2 Å². The van der Waals surface area contributed by atoms with Crippen LogP contribution >= 0.6 is 0 Å². The third-order valence-electron chi connectivity index (χ3n) is 3.86. The number of aromatic nitrogens is 2. The van der Waals surface area contributed by atoms with Crippen LogP contribution in [0.3, 0.4) is 0 Å². The highest BCUT2D eigenvalue weighted by atomic mass is 16.5. The molecule has 0 saturated carbocycles. The first-order valence-corrected chi connectivity index (χ1v) is 7.72. The van der Waals surface area contributed by atoms with E-state index in [2.05, 4.69) is 5.10 Å². The van der Waals surface area contributed by atoms with Gasteiger partial charge in [0.2, 0.25) is 0 Å². The molecule has 0 atom stereocenters. The Morgan fingerprint density at radius 1 is 0.875 bits per heavy atom. The van der Waals surface area contributed by atoms with Gasteiger partial charge in [-0.25, -0.2) is 0 Å². The Labute approximate surface area is 141 Å². The van der Waals surface area contributed by atoms with Crippen LogP contribution in [-0.4, -0.2) is 35.7 Å². The highest BCUT2D eigenvalue weighted by Crippen LogP contribution is 2.32. The molecule has 0 fully saturated rings. The Balaban J connectivity index is 2.05. The zero-order chi connectivity index (χ0) is 16.9. The van der Waals surface area contributed by atoms with Gasteiger partial charge in [-0.1, -0.05) is 12.1 Å². The van der Waals surface area contributed by atoms with Crippen molar-refractivity contribution in [3.05, 3.63) is 54.7 Å². The average Bonchev–Trinajstić information content (AvgIpc) is 3.06. The second-order valence-corrected chi connectivity index (χ2v) is 5.34. The molecule has 0 aliphatic carbocycles. The first-order chi connectivity index (χ1) is 11.7. The van der Waals surface area contributed by atoms with Crippen LogP contribution < -0.4 is 9.47 Å². The molecule has 0 aliphatic heterocycles. The first-order valence-electron chi connectivity index (χ1n) is 7.72. The summed E-state index contributed by atoms with van der Waals surface area (Å²) >= 11 is 0. The van der Waals surface area contributed by atoms with Crippen molar-refractivity contribution in [1.82, 2.24) is 9.78 Å². The number of ether oxygens (including phenoxy) is 2. The molecule has 0 amide bonds. The molecule has 24 heavy (non-hydrogen) atoms. The number of benzene rings is 2. The van der Waals surface area contributed by atoms with E-state index in [0.29, 0.717) is 6.54 Å². The summed E-state index contributed by atoms with van der Waals surface area (Å²) in [7, 11) is 3.30. The number of hydrogen-bond acceptors (Lipinski definition) is 4. The molecule has 3 rings (SSSR count). The third-order valence-corrected chi connectivity index (χ3v) is 3.86. The van der Waals surface area contributed by atoms with Crippen LogP contribution in [-0.2, 0) is 6.54 Å². The molecule has 0 unspecified atom stereocenters. The largest absolute Gasteiger partial charge is 0.497 e. The number of methoxy groups -OCH3 is 2. The quantitative estimate of drug-likeness (QED) is 0.756. The van der Waals surface area contributed by atoms with E-state index < -0.39 is 0 Å². The summed E-state index contributed by atoms with van der Waals surface area (Å²) in [6.07, 6.45) is 1.96. The van der Waals surface area contributed by atoms with Crippen LogP contribution in [0.5, 0.6) is 11.5 Å². The smallest absolute Gasteiger partial charge is 0.118 e. The lowest BCUT2D eigenvalue weighted by atomic mass is 10.0. The molecule has 5 nitrogen and oxygen atoms in total. The van der Waals surface area contributed by atoms with Gasteiger partial charge in [0.05, 0.1) is 27.4 Å². The van der Waals surface area contributed by atoms with Gasteiger partial charge in [-0.3, -0.25) is 4.68 Å². The summed E-state index contributed by atoms with van der Waals surface area (Å²) in [5, 5.41) is 13.8. The molecule has 2 aromatic carbocycles. The van der Waals surface area contributed by atoms with Gasteiger partial charge in [-0.2, -0.15) is 5.10 Å². The predicted octanol–water partition coefficient (Wildman–Crippen LogP) is 3.23. The molecule has 0 aliphatic rings. The molecule has 0 saturated heterocycles. The van der Waals surface area contributed by atoms with E-state index in [9.17, 15) is 5.11 Å². The van der Waals surface area contributed by atoms with E-state index in [4.69, 9.17) is 9.47 Å². The molecule has 1 aromatic heterocycles. The van der Waals surface area contributed by atoms with Gasteiger partial charge in [0, 0.05) is 17.3 Å². The van der Waals surface area contributed by atoms with Crippen LogP contribution in [0.15, 0.2) is 54.7 Å². The maximum absolute atomic E-state index is 9.20. The minimum absolute atomic E-state index is 0.0474. The minimum Gasteiger partial charge on any atom is -0.497 e. The fourth-order valence-corrected chi connectivity index (χ4v) is 2.58. The molecule has 0 radical (unpaired) electrons. The topological polar surface area (TPSA) is 56.5 Å². The number of hydrogen-bond donors (Lipinski definition) is 1. The Morgan fingerprint density at radius 2 is 1.42 bits per heavy atom. The van der Waals surface area contributed by atoms with E-state index in [0.717, 1.165) is 33.9 Å². The van der Waals surface area contributed by atoms with E-state index in [1.165, 1.54) is 0 Å². The highest BCUT2D eigenvalue weighted by Gasteiger charge is 2.13. The van der Waals surface area contributed by atoms with Gasteiger partial charge < -0.3 is 14.6 Å². The highest BCUT2D eigenvalue weighted by molar-refractivity contribution is 5.80. The summed E-state index contributed by atoms with van der Waals surface area (Å²) in [5.41, 5.74) is 3.93. The Bertz CT molecular complexity index is 727. The molecule has 124 valence electrons. The Kier molecular flexibility index (Phi) is 4.82. The van der Waals surface area contributed by atoms with Crippen molar-refractivity contribution in [1.29, 1.82) is 0 Å². The number of aliphatic hydroxyl groups excluding tert-OH is 1. The van der Waals surface area contributed by atoms with E-state index in [1.807, 2.05) is 54.7 Å². The number of nitrogens with zero attached hydrogens (tertiary/aromatic N) is 2. The van der Waals surface area contributed by atoms with Crippen molar-refractivity contribution in [3.8, 4) is 33.9 Å². The van der Waals surface area contributed by atoms with Crippen molar-refractivity contribution < 1.29 is 14.6 Å². The van der Waals surface area contributed by atoms with Gasteiger partial charge in [0.25, 0.3) is 0 Å². The van der Waals surface area contributed by atoms with Gasteiger partial charge in [-0.15, -0.1) is 0 Å². The second kappa shape index (κ2) is 7.19. The molecule has 3 aromatic rings. The standard InChI is InChI=1S/C19H20N2O3/c1-23-16-7-3-14(4-8-16)18-13-21(11-12-22)20-19(18)15-5-9-17(24-2)10-6-15/h3-10,13,22H,11-12H2,1-2H3. The van der Waals surface area contributed by atoms with Crippen molar-refractivity contribution >= 4 is 0 Å². The zero-order valence-electron chi connectivity index (χ0n) is 13.8. The van der Waals surface area contributed by atoms with E-state index in [1.54, 1.807) is 18.9 Å². The average molecular weight is 324 g/mol. The van der Waals surface area contributed by atoms with Crippen molar-refractivity contribution in [3.63, 3.8) is 0 Å².